The van der Waals surface area contributed by atoms with Crippen LogP contribution >= 0.6 is 12.6 Å². The molecule has 5 nitrogen and oxygen atoms in total. The van der Waals surface area contributed by atoms with E-state index < -0.39 is 0 Å². The first-order valence-corrected chi connectivity index (χ1v) is 7.83. The van der Waals surface area contributed by atoms with Crippen molar-refractivity contribution in [2.45, 2.75) is 38.3 Å². The Morgan fingerprint density at radius 2 is 2.15 bits per heavy atom. The topological polar surface area (TPSA) is 47.4 Å². The predicted octanol–water partition coefficient (Wildman–Crippen LogP) is 1.57. The third kappa shape index (κ3) is 3.99. The quantitative estimate of drug-likeness (QED) is 0.639. The summed E-state index contributed by atoms with van der Waals surface area (Å²) in [5.74, 6) is 0.848. The van der Waals surface area contributed by atoms with Crippen LogP contribution in [0.1, 0.15) is 25.7 Å². The Balaban J connectivity index is 1.97. The number of hydrogen-bond acceptors (Lipinski definition) is 5. The molecule has 1 fully saturated rings. The summed E-state index contributed by atoms with van der Waals surface area (Å²) in [6, 6.07) is 1.70. The molecule has 0 amide bonds. The fourth-order valence-corrected chi connectivity index (χ4v) is 2.71. The fraction of sp³-hybridized carbons (Fsp3) is 0.714. The molecular weight excluding hydrogens is 274 g/mol. The van der Waals surface area contributed by atoms with Gasteiger partial charge in [-0.05, 0) is 31.4 Å². The minimum Gasteiger partial charge on any atom is -0.381 e. The minimum absolute atomic E-state index is 0.0180. The monoisotopic (exact) mass is 297 g/mol. The van der Waals surface area contributed by atoms with Crippen molar-refractivity contribution in [3.05, 3.63) is 22.6 Å². The van der Waals surface area contributed by atoms with E-state index in [0.717, 1.165) is 50.2 Å². The lowest BCUT2D eigenvalue weighted by Crippen LogP contribution is -2.37. The number of ether oxygens (including phenoxy) is 1. The van der Waals surface area contributed by atoms with Crippen LogP contribution in [0.2, 0.25) is 0 Å². The van der Waals surface area contributed by atoms with Crippen molar-refractivity contribution in [2.24, 2.45) is 0 Å². The van der Waals surface area contributed by atoms with Gasteiger partial charge in [0.05, 0.1) is 18.0 Å². The van der Waals surface area contributed by atoms with E-state index in [1.54, 1.807) is 19.4 Å². The van der Waals surface area contributed by atoms with E-state index in [9.17, 15) is 4.79 Å². The van der Waals surface area contributed by atoms with Gasteiger partial charge in [-0.25, -0.2) is 4.68 Å². The van der Waals surface area contributed by atoms with Gasteiger partial charge in [-0.2, -0.15) is 17.7 Å². The van der Waals surface area contributed by atoms with Crippen molar-refractivity contribution >= 4 is 18.3 Å². The zero-order valence-corrected chi connectivity index (χ0v) is 12.9. The maximum Gasteiger partial charge on any atom is 0.268 e. The van der Waals surface area contributed by atoms with Gasteiger partial charge in [0.1, 0.15) is 0 Å². The lowest BCUT2D eigenvalue weighted by atomic mass is 10.1. The highest BCUT2D eigenvalue weighted by atomic mass is 32.1. The molecule has 1 aliphatic heterocycles. The molecule has 0 unspecified atom stereocenters. The molecule has 1 aliphatic rings. The number of methoxy groups -OCH3 is 1. The van der Waals surface area contributed by atoms with E-state index >= 15 is 0 Å². The van der Waals surface area contributed by atoms with E-state index in [-0.39, 0.29) is 5.56 Å². The van der Waals surface area contributed by atoms with Crippen LogP contribution in [0.15, 0.2) is 17.1 Å². The number of rotatable bonds is 6. The van der Waals surface area contributed by atoms with Crippen molar-refractivity contribution in [2.75, 3.05) is 30.9 Å². The summed E-state index contributed by atoms with van der Waals surface area (Å²) in [6.07, 6.45) is 6.09. The fourth-order valence-electron chi connectivity index (χ4n) is 2.49. The molecule has 0 atom stereocenters. The Bertz CT molecular complexity index is 470. The Hall–Kier alpha value is -1.01. The number of thiol groups is 1. The zero-order chi connectivity index (χ0) is 14.4. The summed E-state index contributed by atoms with van der Waals surface area (Å²) >= 11 is 4.17. The molecule has 1 aromatic heterocycles. The largest absolute Gasteiger partial charge is 0.381 e. The van der Waals surface area contributed by atoms with Crippen LogP contribution in [0.3, 0.4) is 0 Å². The van der Waals surface area contributed by atoms with Crippen LogP contribution in [0, 0.1) is 0 Å². The number of unbranched alkanes of at least 4 members (excludes halogenated alkanes) is 1. The van der Waals surface area contributed by atoms with E-state index in [0.29, 0.717) is 12.6 Å². The highest BCUT2D eigenvalue weighted by Crippen LogP contribution is 2.18. The highest BCUT2D eigenvalue weighted by molar-refractivity contribution is 7.80. The molecule has 0 N–H and O–H groups in total. The van der Waals surface area contributed by atoms with Gasteiger partial charge in [-0.15, -0.1) is 0 Å². The number of nitrogens with zero attached hydrogens (tertiary/aromatic N) is 3. The summed E-state index contributed by atoms with van der Waals surface area (Å²) < 4.78 is 6.90. The number of hydrogen-bond donors (Lipinski definition) is 1. The second-order valence-corrected chi connectivity index (χ2v) is 5.58. The van der Waals surface area contributed by atoms with Gasteiger partial charge in [0.25, 0.3) is 5.56 Å². The Morgan fingerprint density at radius 1 is 1.40 bits per heavy atom. The molecule has 20 heavy (non-hydrogen) atoms. The lowest BCUT2D eigenvalue weighted by Gasteiger charge is -2.32. The smallest absolute Gasteiger partial charge is 0.268 e. The Labute approximate surface area is 125 Å². The lowest BCUT2D eigenvalue weighted by molar-refractivity contribution is 0.0819. The van der Waals surface area contributed by atoms with Crippen LogP contribution in [-0.4, -0.2) is 41.8 Å². The Kier molecular flexibility index (Phi) is 5.91. The first-order valence-electron chi connectivity index (χ1n) is 7.20. The molecule has 0 radical (unpaired) electrons. The molecule has 2 heterocycles. The van der Waals surface area contributed by atoms with E-state index in [2.05, 4.69) is 22.6 Å². The van der Waals surface area contributed by atoms with Gasteiger partial charge in [0.2, 0.25) is 0 Å². The number of piperidine rings is 1. The average Bonchev–Trinajstić information content (AvgIpc) is 2.49. The molecule has 1 aromatic rings. The molecule has 0 aromatic carbocycles. The zero-order valence-electron chi connectivity index (χ0n) is 12.0. The van der Waals surface area contributed by atoms with Crippen molar-refractivity contribution in [3.63, 3.8) is 0 Å². The molecule has 1 saturated heterocycles. The molecule has 6 heteroatoms. The first kappa shape index (κ1) is 15.4. The van der Waals surface area contributed by atoms with Gasteiger partial charge in [0.15, 0.2) is 0 Å². The maximum absolute atomic E-state index is 12.0. The molecule has 0 saturated carbocycles. The standard InChI is InChI=1S/C14H23N3O2S/c1-19-13-4-7-16(8-5-13)12-10-14(18)17(15-11-12)6-2-3-9-20/h10-11,13,20H,2-9H2,1H3. The second-order valence-electron chi connectivity index (χ2n) is 5.13. The average molecular weight is 297 g/mol. The van der Waals surface area contributed by atoms with Crippen molar-refractivity contribution < 1.29 is 4.74 Å². The second kappa shape index (κ2) is 7.69. The summed E-state index contributed by atoms with van der Waals surface area (Å²) in [7, 11) is 1.76. The molecule has 0 spiro atoms. The molecule has 0 aliphatic carbocycles. The van der Waals surface area contributed by atoms with Gasteiger partial charge in [-0.3, -0.25) is 4.79 Å². The van der Waals surface area contributed by atoms with Crippen LogP contribution in [0.4, 0.5) is 5.69 Å². The highest BCUT2D eigenvalue weighted by Gasteiger charge is 2.19. The SMILES string of the molecule is COC1CCN(c2cnn(CCCCS)c(=O)c2)CC1. The van der Waals surface area contributed by atoms with Crippen LogP contribution in [0.25, 0.3) is 0 Å². The van der Waals surface area contributed by atoms with E-state index in [1.807, 2.05) is 0 Å². The predicted molar refractivity (Wildman–Crippen MR) is 83.8 cm³/mol. The number of aryl methyl sites for hydroxylation is 1. The van der Waals surface area contributed by atoms with Gasteiger partial charge in [0, 0.05) is 32.8 Å². The normalized spacial score (nSPS) is 16.6. The Morgan fingerprint density at radius 3 is 2.75 bits per heavy atom. The van der Waals surface area contributed by atoms with Crippen LogP contribution < -0.4 is 10.5 Å². The van der Waals surface area contributed by atoms with Gasteiger partial charge in [-0.1, -0.05) is 0 Å². The third-order valence-corrected chi connectivity index (χ3v) is 4.09. The molecule has 112 valence electrons. The third-order valence-electron chi connectivity index (χ3n) is 3.77. The van der Waals surface area contributed by atoms with Gasteiger partial charge >= 0.3 is 0 Å². The number of aromatic nitrogens is 2. The summed E-state index contributed by atoms with van der Waals surface area (Å²) in [5, 5.41) is 4.27. The van der Waals surface area contributed by atoms with Crippen molar-refractivity contribution in [1.29, 1.82) is 0 Å². The first-order chi connectivity index (χ1) is 9.74. The molecular formula is C14H23N3O2S. The minimum atomic E-state index is -0.0180. The van der Waals surface area contributed by atoms with Crippen LogP contribution in [-0.2, 0) is 11.3 Å². The van der Waals surface area contributed by atoms with E-state index in [1.165, 1.54) is 4.68 Å². The summed E-state index contributed by atoms with van der Waals surface area (Å²) in [6.45, 7) is 2.51. The number of anilines is 1. The molecule has 2 rings (SSSR count). The molecule has 0 bridgehead atoms. The van der Waals surface area contributed by atoms with E-state index in [4.69, 9.17) is 4.74 Å². The van der Waals surface area contributed by atoms with Crippen molar-refractivity contribution in [3.8, 4) is 0 Å². The maximum atomic E-state index is 12.0. The summed E-state index contributed by atoms with van der Waals surface area (Å²) in [5.41, 5.74) is 0.908. The van der Waals surface area contributed by atoms with Crippen LogP contribution in [0.5, 0.6) is 0 Å². The summed E-state index contributed by atoms with van der Waals surface area (Å²) in [4.78, 5) is 14.2. The van der Waals surface area contributed by atoms with Gasteiger partial charge < -0.3 is 9.64 Å². The van der Waals surface area contributed by atoms with Crippen molar-refractivity contribution in [1.82, 2.24) is 9.78 Å².